The molecule has 0 aliphatic heterocycles. The van der Waals surface area contributed by atoms with Gasteiger partial charge < -0.3 is 5.32 Å². The van der Waals surface area contributed by atoms with Crippen molar-refractivity contribution in [3.8, 4) is 5.69 Å². The van der Waals surface area contributed by atoms with Crippen molar-refractivity contribution in [2.24, 2.45) is 0 Å². The van der Waals surface area contributed by atoms with Gasteiger partial charge in [0.1, 0.15) is 17.1 Å². The topological polar surface area (TPSA) is 73.1 Å². The molecule has 1 N–H and O–H groups in total. The minimum absolute atomic E-state index is 0.288. The van der Waals surface area contributed by atoms with Crippen molar-refractivity contribution in [1.82, 2.24) is 9.13 Å². The zero-order valence-corrected chi connectivity index (χ0v) is 15.3. The van der Waals surface area contributed by atoms with Crippen molar-refractivity contribution < 1.29 is 9.18 Å². The third-order valence-corrected chi connectivity index (χ3v) is 5.07. The summed E-state index contributed by atoms with van der Waals surface area (Å²) in [6.07, 6.45) is 0. The largest absolute Gasteiger partial charge is 0.336 e. The van der Waals surface area contributed by atoms with Crippen molar-refractivity contribution in [3.05, 3.63) is 92.7 Å². The Balaban J connectivity index is 1.79. The summed E-state index contributed by atoms with van der Waals surface area (Å²) in [5.41, 5.74) is 0.0594. The first-order valence-electron chi connectivity index (χ1n) is 8.38. The summed E-state index contributed by atoms with van der Waals surface area (Å²) in [6, 6.07) is 15.6. The van der Waals surface area contributed by atoms with E-state index in [0.717, 1.165) is 4.57 Å². The van der Waals surface area contributed by atoms with Crippen LogP contribution in [0.4, 0.5) is 10.1 Å². The van der Waals surface area contributed by atoms with E-state index in [1.165, 1.54) is 34.1 Å². The lowest BCUT2D eigenvalue weighted by Gasteiger charge is -2.12. The van der Waals surface area contributed by atoms with Gasteiger partial charge in [-0.1, -0.05) is 24.3 Å². The minimum Gasteiger partial charge on any atom is -0.324 e. The number of nitrogens with zero attached hydrogens (tertiary/aromatic N) is 2. The minimum atomic E-state index is -0.614. The lowest BCUT2D eigenvalue weighted by molar-refractivity contribution is -0.116. The van der Waals surface area contributed by atoms with E-state index in [-0.39, 0.29) is 12.2 Å². The quantitative estimate of drug-likeness (QED) is 0.577. The van der Waals surface area contributed by atoms with Crippen molar-refractivity contribution in [1.29, 1.82) is 0 Å². The molecule has 0 spiro atoms. The molecule has 1 amide bonds. The van der Waals surface area contributed by atoms with Gasteiger partial charge in [0.05, 0.1) is 11.2 Å². The Morgan fingerprint density at radius 1 is 1.04 bits per heavy atom. The predicted molar refractivity (Wildman–Crippen MR) is 107 cm³/mol. The molecular formula is C20H14FN3O3S. The molecule has 4 aromatic rings. The van der Waals surface area contributed by atoms with E-state index in [2.05, 4.69) is 5.32 Å². The fourth-order valence-corrected chi connectivity index (χ4v) is 3.78. The highest BCUT2D eigenvalue weighted by atomic mass is 32.1. The fourth-order valence-electron chi connectivity index (χ4n) is 2.96. The van der Waals surface area contributed by atoms with Crippen molar-refractivity contribution in [3.63, 3.8) is 0 Å². The maximum atomic E-state index is 13.3. The number of nitrogens with one attached hydrogen (secondary N) is 1. The van der Waals surface area contributed by atoms with Crippen LogP contribution in [0, 0.1) is 5.82 Å². The van der Waals surface area contributed by atoms with Crippen LogP contribution in [0.25, 0.3) is 15.9 Å². The van der Waals surface area contributed by atoms with Crippen LogP contribution >= 0.6 is 11.3 Å². The number of benzene rings is 2. The van der Waals surface area contributed by atoms with Crippen LogP contribution in [0.5, 0.6) is 0 Å². The molecule has 4 rings (SSSR count). The van der Waals surface area contributed by atoms with Gasteiger partial charge >= 0.3 is 5.69 Å². The molecule has 0 unspecified atom stereocenters. The average Bonchev–Trinajstić information content (AvgIpc) is 3.16. The Hall–Kier alpha value is -3.52. The second-order valence-electron chi connectivity index (χ2n) is 6.04. The number of carbonyl (C=O) groups is 1. The molecule has 0 fully saturated rings. The van der Waals surface area contributed by atoms with Crippen LogP contribution in [0.15, 0.2) is 75.6 Å². The molecule has 0 bridgehead atoms. The van der Waals surface area contributed by atoms with Gasteiger partial charge in [-0.2, -0.15) is 0 Å². The summed E-state index contributed by atoms with van der Waals surface area (Å²) in [6.45, 7) is -0.310. The first-order valence-corrected chi connectivity index (χ1v) is 9.26. The molecular weight excluding hydrogens is 381 g/mol. The summed E-state index contributed by atoms with van der Waals surface area (Å²) >= 11 is 1.20. The van der Waals surface area contributed by atoms with E-state index in [1.807, 2.05) is 0 Å². The number of anilines is 1. The van der Waals surface area contributed by atoms with Gasteiger partial charge in [-0.3, -0.25) is 14.2 Å². The molecule has 0 atom stereocenters. The number of para-hydroxylation sites is 1. The van der Waals surface area contributed by atoms with Crippen molar-refractivity contribution in [2.75, 3.05) is 5.32 Å². The Morgan fingerprint density at radius 3 is 2.57 bits per heavy atom. The molecule has 0 saturated heterocycles. The van der Waals surface area contributed by atoms with Crippen LogP contribution < -0.4 is 16.6 Å². The molecule has 140 valence electrons. The molecule has 0 aliphatic rings. The van der Waals surface area contributed by atoms with Crippen LogP contribution in [-0.2, 0) is 11.3 Å². The monoisotopic (exact) mass is 395 g/mol. The number of aromatic nitrogens is 2. The Labute approximate surface area is 162 Å². The summed E-state index contributed by atoms with van der Waals surface area (Å²) in [7, 11) is 0. The predicted octanol–water partition coefficient (Wildman–Crippen LogP) is 2.99. The van der Waals surface area contributed by atoms with Gasteiger partial charge in [0.2, 0.25) is 5.91 Å². The van der Waals surface area contributed by atoms with Gasteiger partial charge in [-0.15, -0.1) is 11.3 Å². The normalized spacial score (nSPS) is 10.9. The third-order valence-electron chi connectivity index (χ3n) is 4.18. The summed E-state index contributed by atoms with van der Waals surface area (Å²) in [4.78, 5) is 38.3. The molecule has 2 aromatic heterocycles. The Bertz CT molecular complexity index is 1290. The zero-order valence-electron chi connectivity index (χ0n) is 14.5. The van der Waals surface area contributed by atoms with Gasteiger partial charge in [0.25, 0.3) is 5.56 Å². The number of rotatable bonds is 4. The number of hydrogen-bond acceptors (Lipinski definition) is 4. The van der Waals surface area contributed by atoms with E-state index in [0.29, 0.717) is 15.9 Å². The van der Waals surface area contributed by atoms with Crippen LogP contribution in [-0.4, -0.2) is 15.0 Å². The molecule has 2 aromatic carbocycles. The zero-order chi connectivity index (χ0) is 19.7. The number of carbonyl (C=O) groups excluding carboxylic acids is 1. The van der Waals surface area contributed by atoms with Crippen molar-refractivity contribution in [2.45, 2.75) is 6.54 Å². The summed E-state index contributed by atoms with van der Waals surface area (Å²) in [5, 5.41) is 4.26. The summed E-state index contributed by atoms with van der Waals surface area (Å²) < 4.78 is 16.0. The molecule has 6 nitrogen and oxygen atoms in total. The highest BCUT2D eigenvalue weighted by Crippen LogP contribution is 2.17. The number of fused-ring (bicyclic) bond motifs is 1. The Kier molecular flexibility index (Phi) is 4.62. The highest BCUT2D eigenvalue weighted by molar-refractivity contribution is 7.17. The first kappa shape index (κ1) is 17.9. The standard InChI is InChI=1S/C20H14FN3O3S/c21-13-5-4-6-14(11-13)22-17(25)12-23-16-9-10-28-18(16)19(26)24(20(23)27)15-7-2-1-3-8-15/h1-11H,12H2,(H,22,25). The van der Waals surface area contributed by atoms with Crippen LogP contribution in [0.1, 0.15) is 0 Å². The van der Waals surface area contributed by atoms with Gasteiger partial charge in [0, 0.05) is 5.69 Å². The number of amides is 1. The molecule has 28 heavy (non-hydrogen) atoms. The SMILES string of the molecule is O=C(Cn1c(=O)n(-c2ccccc2)c(=O)c2sccc21)Nc1cccc(F)c1. The van der Waals surface area contributed by atoms with Gasteiger partial charge in [0.15, 0.2) is 0 Å². The van der Waals surface area contributed by atoms with Gasteiger partial charge in [-0.05, 0) is 41.8 Å². The number of halogens is 1. The third kappa shape index (κ3) is 3.25. The molecule has 0 aliphatic carbocycles. The van der Waals surface area contributed by atoms with E-state index < -0.39 is 23.0 Å². The first-order chi connectivity index (χ1) is 13.5. The van der Waals surface area contributed by atoms with E-state index in [4.69, 9.17) is 0 Å². The van der Waals surface area contributed by atoms with E-state index >= 15 is 0 Å². The summed E-state index contributed by atoms with van der Waals surface area (Å²) in [5.74, 6) is -0.980. The maximum Gasteiger partial charge on any atom is 0.336 e. The lowest BCUT2D eigenvalue weighted by atomic mass is 10.3. The Morgan fingerprint density at radius 2 is 1.82 bits per heavy atom. The van der Waals surface area contributed by atoms with E-state index in [9.17, 15) is 18.8 Å². The highest BCUT2D eigenvalue weighted by Gasteiger charge is 2.17. The lowest BCUT2D eigenvalue weighted by Crippen LogP contribution is -2.40. The molecule has 0 radical (unpaired) electrons. The van der Waals surface area contributed by atoms with E-state index in [1.54, 1.807) is 47.8 Å². The maximum absolute atomic E-state index is 13.3. The second kappa shape index (κ2) is 7.24. The molecule has 0 saturated carbocycles. The molecule has 2 heterocycles. The number of hydrogen-bond donors (Lipinski definition) is 1. The average molecular weight is 395 g/mol. The van der Waals surface area contributed by atoms with Crippen molar-refractivity contribution >= 4 is 33.1 Å². The fraction of sp³-hybridized carbons (Fsp3) is 0.0500. The van der Waals surface area contributed by atoms with Crippen LogP contribution in [0.3, 0.4) is 0 Å². The second-order valence-corrected chi connectivity index (χ2v) is 6.95. The van der Waals surface area contributed by atoms with Gasteiger partial charge in [-0.25, -0.2) is 13.8 Å². The number of thiophene rings is 1. The smallest absolute Gasteiger partial charge is 0.324 e. The van der Waals surface area contributed by atoms with Crippen LogP contribution in [0.2, 0.25) is 0 Å². The molecule has 8 heteroatoms.